The monoisotopic (exact) mass is 360 g/mol. The average molecular weight is 360 g/mol. The van der Waals surface area contributed by atoms with E-state index in [9.17, 15) is 9.90 Å². The van der Waals surface area contributed by atoms with Gasteiger partial charge >= 0.3 is 5.97 Å². The summed E-state index contributed by atoms with van der Waals surface area (Å²) in [5.74, 6) is 0.439. The minimum absolute atomic E-state index is 0.0682. The van der Waals surface area contributed by atoms with Crippen molar-refractivity contribution in [3.05, 3.63) is 36.3 Å². The number of furan rings is 1. The van der Waals surface area contributed by atoms with Crippen LogP contribution < -0.4 is 0 Å². The number of rotatable bonds is 6. The molecule has 2 aliphatic rings. The first-order valence-corrected chi connectivity index (χ1v) is 9.84. The van der Waals surface area contributed by atoms with Crippen molar-refractivity contribution in [1.82, 2.24) is 0 Å². The van der Waals surface area contributed by atoms with E-state index in [0.29, 0.717) is 18.4 Å². The zero-order chi connectivity index (χ0) is 18.8. The number of hydrogen-bond acceptors (Lipinski definition) is 4. The van der Waals surface area contributed by atoms with Crippen molar-refractivity contribution >= 4 is 5.97 Å². The van der Waals surface area contributed by atoms with Crippen molar-refractivity contribution in [1.29, 1.82) is 0 Å². The van der Waals surface area contributed by atoms with E-state index in [0.717, 1.165) is 44.9 Å². The van der Waals surface area contributed by atoms with Crippen molar-refractivity contribution in [3.8, 4) is 0 Å². The number of carbonyl (C=O) groups excluding carboxylic acids is 1. The lowest BCUT2D eigenvalue weighted by atomic mass is 9.46. The third-order valence-corrected chi connectivity index (χ3v) is 7.07. The maximum atomic E-state index is 11.4. The smallest absolute Gasteiger partial charge is 0.302 e. The molecule has 4 heteroatoms. The van der Waals surface area contributed by atoms with Crippen LogP contribution in [-0.4, -0.2) is 24.3 Å². The molecule has 4 atom stereocenters. The zero-order valence-corrected chi connectivity index (χ0v) is 16.1. The molecule has 0 spiro atoms. The quantitative estimate of drug-likeness (QED) is 0.598. The standard InChI is InChI=1S/C22H32O4/c1-16-5-8-20-21(3,15-26-17(2)24)10-4-11-22(20,14-23)19(16)7-6-18-9-12-25-13-18/h9,12-13,19-20,23H,1,4-8,10-11,14-15H2,2-3H3/t19-,20-,21+,22+/m1/s1. The summed E-state index contributed by atoms with van der Waals surface area (Å²) in [5, 5.41) is 10.6. The molecule has 0 amide bonds. The summed E-state index contributed by atoms with van der Waals surface area (Å²) in [4.78, 5) is 11.4. The summed E-state index contributed by atoms with van der Waals surface area (Å²) >= 11 is 0. The molecule has 2 fully saturated rings. The van der Waals surface area contributed by atoms with Gasteiger partial charge in [0.2, 0.25) is 0 Å². The number of aliphatic hydroxyl groups is 1. The van der Waals surface area contributed by atoms with E-state index < -0.39 is 0 Å². The predicted molar refractivity (Wildman–Crippen MR) is 100 cm³/mol. The van der Waals surface area contributed by atoms with Crippen molar-refractivity contribution in [3.63, 3.8) is 0 Å². The molecule has 0 aromatic carbocycles. The first-order chi connectivity index (χ1) is 12.4. The fourth-order valence-electron chi connectivity index (χ4n) is 5.80. The Hall–Kier alpha value is -1.55. The lowest BCUT2D eigenvalue weighted by Crippen LogP contribution is -2.55. The first-order valence-electron chi connectivity index (χ1n) is 9.84. The van der Waals surface area contributed by atoms with E-state index in [1.54, 1.807) is 12.5 Å². The Balaban J connectivity index is 1.85. The molecule has 1 heterocycles. The van der Waals surface area contributed by atoms with Crippen molar-refractivity contribution < 1.29 is 19.1 Å². The minimum Gasteiger partial charge on any atom is -0.472 e. The second kappa shape index (κ2) is 7.59. The van der Waals surface area contributed by atoms with Gasteiger partial charge in [-0.2, -0.15) is 0 Å². The number of hydrogen-bond donors (Lipinski definition) is 1. The van der Waals surface area contributed by atoms with E-state index in [1.165, 1.54) is 18.1 Å². The van der Waals surface area contributed by atoms with Crippen LogP contribution in [0.4, 0.5) is 0 Å². The molecule has 1 aromatic heterocycles. The van der Waals surface area contributed by atoms with Gasteiger partial charge in [-0.15, -0.1) is 0 Å². The van der Waals surface area contributed by atoms with E-state index in [2.05, 4.69) is 13.5 Å². The molecule has 26 heavy (non-hydrogen) atoms. The highest BCUT2D eigenvalue weighted by Gasteiger charge is 2.56. The molecule has 1 N–H and O–H groups in total. The van der Waals surface area contributed by atoms with E-state index >= 15 is 0 Å². The minimum atomic E-state index is -0.219. The second-order valence-corrected chi connectivity index (χ2v) is 8.65. The number of allylic oxidation sites excluding steroid dienone is 1. The van der Waals surface area contributed by atoms with E-state index in [-0.39, 0.29) is 23.4 Å². The van der Waals surface area contributed by atoms with Gasteiger partial charge < -0.3 is 14.3 Å². The maximum Gasteiger partial charge on any atom is 0.302 e. The van der Waals surface area contributed by atoms with Crippen molar-refractivity contribution in [2.24, 2.45) is 22.7 Å². The Labute approximate surface area is 156 Å². The number of aryl methyl sites for hydroxylation is 1. The van der Waals surface area contributed by atoms with Gasteiger partial charge in [0.1, 0.15) is 0 Å². The molecule has 2 saturated carbocycles. The second-order valence-electron chi connectivity index (χ2n) is 8.65. The summed E-state index contributed by atoms with van der Waals surface area (Å²) in [6.45, 7) is 8.73. The van der Waals surface area contributed by atoms with Gasteiger partial charge in [0, 0.05) is 24.4 Å². The third kappa shape index (κ3) is 3.48. The van der Waals surface area contributed by atoms with Crippen LogP contribution in [0.5, 0.6) is 0 Å². The zero-order valence-electron chi connectivity index (χ0n) is 16.1. The van der Waals surface area contributed by atoms with Gasteiger partial charge in [0.05, 0.1) is 19.1 Å². The fraction of sp³-hybridized carbons (Fsp3) is 0.682. The Kier molecular flexibility index (Phi) is 5.61. The summed E-state index contributed by atoms with van der Waals surface area (Å²) < 4.78 is 10.7. The van der Waals surface area contributed by atoms with Gasteiger partial charge in [-0.3, -0.25) is 4.79 Å². The highest BCUT2D eigenvalue weighted by atomic mass is 16.5. The normalized spacial score (nSPS) is 34.3. The molecule has 0 saturated heterocycles. The molecule has 144 valence electrons. The highest BCUT2D eigenvalue weighted by Crippen LogP contribution is 2.61. The predicted octanol–water partition coefficient (Wildman–Crippen LogP) is 4.53. The lowest BCUT2D eigenvalue weighted by molar-refractivity contribution is -0.157. The van der Waals surface area contributed by atoms with Crippen LogP contribution >= 0.6 is 0 Å². The van der Waals surface area contributed by atoms with Crippen LogP contribution in [0.2, 0.25) is 0 Å². The Bertz CT molecular complexity index is 635. The number of carbonyl (C=O) groups is 1. The van der Waals surface area contributed by atoms with Crippen LogP contribution in [0, 0.1) is 22.7 Å². The third-order valence-electron chi connectivity index (χ3n) is 7.07. The maximum absolute atomic E-state index is 11.4. The molecular formula is C22H32O4. The molecule has 3 rings (SSSR count). The van der Waals surface area contributed by atoms with Crippen LogP contribution in [0.1, 0.15) is 57.9 Å². The Morgan fingerprint density at radius 2 is 2.27 bits per heavy atom. The van der Waals surface area contributed by atoms with Gasteiger partial charge in [-0.25, -0.2) is 0 Å². The molecule has 1 aromatic rings. The number of esters is 1. The Morgan fingerprint density at radius 1 is 1.46 bits per heavy atom. The average Bonchev–Trinajstić information content (AvgIpc) is 3.13. The molecule has 0 radical (unpaired) electrons. The fourth-order valence-corrected chi connectivity index (χ4v) is 5.80. The summed E-state index contributed by atoms with van der Waals surface area (Å²) in [6.07, 6.45) is 10.6. The molecule has 0 unspecified atom stereocenters. The van der Waals surface area contributed by atoms with Gasteiger partial charge in [-0.1, -0.05) is 25.5 Å². The topological polar surface area (TPSA) is 59.7 Å². The summed E-state index contributed by atoms with van der Waals surface area (Å²) in [6, 6.07) is 2.01. The van der Waals surface area contributed by atoms with E-state index in [4.69, 9.17) is 9.15 Å². The first kappa shape index (κ1) is 19.2. The largest absolute Gasteiger partial charge is 0.472 e. The van der Waals surface area contributed by atoms with Gasteiger partial charge in [-0.05, 0) is 62.0 Å². The highest BCUT2D eigenvalue weighted by molar-refractivity contribution is 5.65. The number of aliphatic hydroxyl groups excluding tert-OH is 1. The number of fused-ring (bicyclic) bond motifs is 1. The van der Waals surface area contributed by atoms with Crippen LogP contribution in [-0.2, 0) is 16.0 Å². The molecular weight excluding hydrogens is 328 g/mol. The van der Waals surface area contributed by atoms with Crippen molar-refractivity contribution in [2.45, 2.75) is 58.8 Å². The molecule has 0 aliphatic heterocycles. The van der Waals surface area contributed by atoms with Crippen LogP contribution in [0.25, 0.3) is 0 Å². The summed E-state index contributed by atoms with van der Waals surface area (Å²) in [5.41, 5.74) is 2.26. The lowest BCUT2D eigenvalue weighted by Gasteiger charge is -2.59. The van der Waals surface area contributed by atoms with Crippen molar-refractivity contribution in [2.75, 3.05) is 13.2 Å². The molecule has 2 aliphatic carbocycles. The number of ether oxygens (including phenoxy) is 1. The molecule has 0 bridgehead atoms. The van der Waals surface area contributed by atoms with E-state index in [1.807, 2.05) is 6.07 Å². The van der Waals surface area contributed by atoms with Gasteiger partial charge in [0.25, 0.3) is 0 Å². The molecule has 4 nitrogen and oxygen atoms in total. The summed E-state index contributed by atoms with van der Waals surface area (Å²) in [7, 11) is 0. The van der Waals surface area contributed by atoms with Crippen LogP contribution in [0.3, 0.4) is 0 Å². The van der Waals surface area contributed by atoms with Gasteiger partial charge in [0.15, 0.2) is 0 Å². The Morgan fingerprint density at radius 3 is 2.92 bits per heavy atom. The SMILES string of the molecule is C=C1CC[C@@H]2[C@](C)(COC(C)=O)CCC[C@]2(CO)[C@@H]1CCc1ccoc1. The van der Waals surface area contributed by atoms with Crippen LogP contribution in [0.15, 0.2) is 35.2 Å².